The molecule has 116 valence electrons. The lowest BCUT2D eigenvalue weighted by Gasteiger charge is -2.28. The van der Waals surface area contributed by atoms with E-state index in [4.69, 9.17) is 4.74 Å². The number of fused-ring (bicyclic) bond motifs is 1. The Bertz CT molecular complexity index is 437. The molecule has 1 aliphatic heterocycles. The molecule has 0 amide bonds. The lowest BCUT2D eigenvalue weighted by molar-refractivity contribution is 0.123. The van der Waals surface area contributed by atoms with Crippen LogP contribution in [0.15, 0.2) is 24.3 Å². The van der Waals surface area contributed by atoms with Gasteiger partial charge in [0.25, 0.3) is 0 Å². The Hall–Kier alpha value is -1.02. The first-order chi connectivity index (χ1) is 10.3. The smallest absolute Gasteiger partial charge is 0.122 e. The molecular weight excluding hydrogens is 260 g/mol. The number of ether oxygens (including phenoxy) is 1. The minimum Gasteiger partial charge on any atom is -0.493 e. The summed E-state index contributed by atoms with van der Waals surface area (Å²) in [5, 5.41) is 10.4. The molecule has 1 saturated carbocycles. The van der Waals surface area contributed by atoms with Crippen LogP contribution in [0.2, 0.25) is 0 Å². The van der Waals surface area contributed by atoms with E-state index in [1.165, 1.54) is 44.1 Å². The third kappa shape index (κ3) is 4.00. The van der Waals surface area contributed by atoms with Crippen LogP contribution in [0, 0.1) is 5.92 Å². The van der Waals surface area contributed by atoms with Gasteiger partial charge in [-0.25, -0.2) is 0 Å². The summed E-state index contributed by atoms with van der Waals surface area (Å²) in [5.41, 5.74) is 1.29. The SMILES string of the molecule is OC(CCC1CCCCC1)CC1CCOc2ccccc21. The zero-order chi connectivity index (χ0) is 14.5. The summed E-state index contributed by atoms with van der Waals surface area (Å²) in [4.78, 5) is 0. The summed E-state index contributed by atoms with van der Waals surface area (Å²) in [5.74, 6) is 2.36. The van der Waals surface area contributed by atoms with Gasteiger partial charge in [0.1, 0.15) is 5.75 Å². The average Bonchev–Trinajstić information content (AvgIpc) is 2.54. The maximum Gasteiger partial charge on any atom is 0.122 e. The summed E-state index contributed by atoms with van der Waals surface area (Å²) in [6.07, 6.45) is 10.9. The second kappa shape index (κ2) is 7.31. The largest absolute Gasteiger partial charge is 0.493 e. The molecular formula is C19H28O2. The van der Waals surface area contributed by atoms with Gasteiger partial charge in [-0.05, 0) is 49.1 Å². The van der Waals surface area contributed by atoms with Crippen molar-refractivity contribution in [3.05, 3.63) is 29.8 Å². The van der Waals surface area contributed by atoms with Gasteiger partial charge in [0, 0.05) is 0 Å². The van der Waals surface area contributed by atoms with Crippen molar-refractivity contribution in [3.8, 4) is 5.75 Å². The van der Waals surface area contributed by atoms with E-state index in [9.17, 15) is 5.11 Å². The van der Waals surface area contributed by atoms with Gasteiger partial charge >= 0.3 is 0 Å². The first kappa shape index (κ1) is 14.9. The Balaban J connectivity index is 1.49. The third-order valence-electron chi connectivity index (χ3n) is 5.27. The summed E-state index contributed by atoms with van der Waals surface area (Å²) in [6, 6.07) is 8.32. The van der Waals surface area contributed by atoms with Gasteiger partial charge in [-0.3, -0.25) is 0 Å². The van der Waals surface area contributed by atoms with Crippen molar-refractivity contribution in [2.45, 2.75) is 69.8 Å². The van der Waals surface area contributed by atoms with Crippen molar-refractivity contribution >= 4 is 0 Å². The number of hydrogen-bond acceptors (Lipinski definition) is 2. The number of aliphatic hydroxyl groups excluding tert-OH is 1. The van der Waals surface area contributed by atoms with Crippen LogP contribution in [0.5, 0.6) is 5.75 Å². The first-order valence-electron chi connectivity index (χ1n) is 8.72. The Morgan fingerprint density at radius 1 is 1.10 bits per heavy atom. The highest BCUT2D eigenvalue weighted by Crippen LogP contribution is 2.37. The van der Waals surface area contributed by atoms with Crippen molar-refractivity contribution in [1.29, 1.82) is 0 Å². The molecule has 2 atom stereocenters. The Kier molecular flexibility index (Phi) is 5.18. The van der Waals surface area contributed by atoms with Crippen molar-refractivity contribution < 1.29 is 9.84 Å². The highest BCUT2D eigenvalue weighted by Gasteiger charge is 2.24. The normalized spacial score (nSPS) is 24.1. The molecule has 0 aromatic heterocycles. The lowest BCUT2D eigenvalue weighted by Crippen LogP contribution is -2.20. The minimum atomic E-state index is -0.150. The molecule has 0 saturated heterocycles. The van der Waals surface area contributed by atoms with Gasteiger partial charge in [0.2, 0.25) is 0 Å². The fraction of sp³-hybridized carbons (Fsp3) is 0.684. The molecule has 2 unspecified atom stereocenters. The molecule has 3 rings (SSSR count). The monoisotopic (exact) mass is 288 g/mol. The number of benzene rings is 1. The van der Waals surface area contributed by atoms with Crippen molar-refractivity contribution in [1.82, 2.24) is 0 Å². The van der Waals surface area contributed by atoms with Crippen molar-refractivity contribution in [3.63, 3.8) is 0 Å². The molecule has 1 N–H and O–H groups in total. The highest BCUT2D eigenvalue weighted by atomic mass is 16.5. The first-order valence-corrected chi connectivity index (χ1v) is 8.72. The molecule has 1 heterocycles. The van der Waals surface area contributed by atoms with Gasteiger partial charge in [0.15, 0.2) is 0 Å². The van der Waals surface area contributed by atoms with Crippen molar-refractivity contribution in [2.75, 3.05) is 6.61 Å². The number of rotatable bonds is 5. The van der Waals surface area contributed by atoms with Crippen LogP contribution >= 0.6 is 0 Å². The maximum atomic E-state index is 10.4. The molecule has 0 radical (unpaired) electrons. The Morgan fingerprint density at radius 2 is 1.90 bits per heavy atom. The zero-order valence-corrected chi connectivity index (χ0v) is 13.0. The van der Waals surface area contributed by atoms with E-state index < -0.39 is 0 Å². The molecule has 0 bridgehead atoms. The molecule has 21 heavy (non-hydrogen) atoms. The van der Waals surface area contributed by atoms with E-state index in [-0.39, 0.29) is 6.10 Å². The highest BCUT2D eigenvalue weighted by molar-refractivity contribution is 5.37. The fourth-order valence-corrected chi connectivity index (χ4v) is 4.01. The summed E-state index contributed by atoms with van der Waals surface area (Å²) in [7, 11) is 0. The Labute approximate surface area is 128 Å². The molecule has 2 heteroatoms. The second-order valence-corrected chi connectivity index (χ2v) is 6.84. The van der Waals surface area contributed by atoms with Gasteiger partial charge in [-0.2, -0.15) is 0 Å². The maximum absolute atomic E-state index is 10.4. The van der Waals surface area contributed by atoms with Crippen LogP contribution in [0.4, 0.5) is 0 Å². The summed E-state index contributed by atoms with van der Waals surface area (Å²) in [6.45, 7) is 0.789. The second-order valence-electron chi connectivity index (χ2n) is 6.84. The van der Waals surface area contributed by atoms with E-state index in [1.54, 1.807) is 0 Å². The van der Waals surface area contributed by atoms with Crippen LogP contribution in [0.25, 0.3) is 0 Å². The third-order valence-corrected chi connectivity index (χ3v) is 5.27. The van der Waals surface area contributed by atoms with E-state index in [0.29, 0.717) is 5.92 Å². The summed E-state index contributed by atoms with van der Waals surface area (Å²) < 4.78 is 5.71. The number of para-hydroxylation sites is 1. The van der Waals surface area contributed by atoms with E-state index in [0.717, 1.165) is 37.5 Å². The minimum absolute atomic E-state index is 0.150. The van der Waals surface area contributed by atoms with E-state index >= 15 is 0 Å². The number of aliphatic hydroxyl groups is 1. The molecule has 2 aliphatic rings. The zero-order valence-electron chi connectivity index (χ0n) is 13.0. The molecule has 1 aromatic carbocycles. The van der Waals surface area contributed by atoms with Crippen LogP contribution in [-0.4, -0.2) is 17.8 Å². The van der Waals surface area contributed by atoms with Gasteiger partial charge in [-0.15, -0.1) is 0 Å². The summed E-state index contributed by atoms with van der Waals surface area (Å²) >= 11 is 0. The standard InChI is InChI=1S/C19H28O2/c20-17(11-10-15-6-2-1-3-7-15)14-16-12-13-21-19-9-5-4-8-18(16)19/h4-5,8-9,15-17,20H,1-3,6-7,10-14H2. The molecule has 1 aromatic rings. The average molecular weight is 288 g/mol. The van der Waals surface area contributed by atoms with Crippen molar-refractivity contribution in [2.24, 2.45) is 5.92 Å². The molecule has 0 spiro atoms. The Morgan fingerprint density at radius 3 is 2.76 bits per heavy atom. The van der Waals surface area contributed by atoms with E-state index in [2.05, 4.69) is 18.2 Å². The van der Waals surface area contributed by atoms with E-state index in [1.807, 2.05) is 6.07 Å². The van der Waals surface area contributed by atoms with Crippen LogP contribution < -0.4 is 4.74 Å². The molecule has 1 aliphatic carbocycles. The topological polar surface area (TPSA) is 29.5 Å². The van der Waals surface area contributed by atoms with Crippen LogP contribution in [0.3, 0.4) is 0 Å². The quantitative estimate of drug-likeness (QED) is 0.853. The van der Waals surface area contributed by atoms with Crippen LogP contribution in [-0.2, 0) is 0 Å². The van der Waals surface area contributed by atoms with Gasteiger partial charge < -0.3 is 9.84 Å². The number of hydrogen-bond donors (Lipinski definition) is 1. The predicted molar refractivity (Wildman–Crippen MR) is 85.7 cm³/mol. The fourth-order valence-electron chi connectivity index (χ4n) is 4.01. The van der Waals surface area contributed by atoms with Gasteiger partial charge in [0.05, 0.1) is 12.7 Å². The van der Waals surface area contributed by atoms with Crippen LogP contribution in [0.1, 0.15) is 69.3 Å². The molecule has 1 fully saturated rings. The van der Waals surface area contributed by atoms with Gasteiger partial charge in [-0.1, -0.05) is 50.3 Å². The predicted octanol–water partition coefficient (Wildman–Crippen LogP) is 4.66. The molecule has 2 nitrogen and oxygen atoms in total. The lowest BCUT2D eigenvalue weighted by atomic mass is 9.83.